The Hall–Kier alpha value is -0.840. The van der Waals surface area contributed by atoms with Gasteiger partial charge in [0.2, 0.25) is 0 Å². The van der Waals surface area contributed by atoms with E-state index in [1.165, 1.54) is 6.26 Å². The molecule has 1 aromatic heterocycles. The van der Waals surface area contributed by atoms with Crippen LogP contribution >= 0.6 is 0 Å². The van der Waals surface area contributed by atoms with E-state index in [-0.39, 0.29) is 6.10 Å². The van der Waals surface area contributed by atoms with Crippen molar-refractivity contribution >= 4 is 0 Å². The number of aliphatic hydroxyl groups excluding tert-OH is 1. The highest BCUT2D eigenvalue weighted by Crippen LogP contribution is 2.20. The molecule has 0 saturated carbocycles. The largest absolute Gasteiger partial charge is 0.466 e. The average Bonchev–Trinajstić information content (AvgIpc) is 2.65. The molecule has 3 N–H and O–H groups in total. The highest BCUT2D eigenvalue weighted by atomic mass is 16.5. The molecule has 0 amide bonds. The average molecular weight is 185 g/mol. The predicted octanol–water partition coefficient (Wildman–Crippen LogP) is 0.677. The smallest absolute Gasteiger partial charge is 0.138 e. The Morgan fingerprint density at radius 2 is 2.46 bits per heavy atom. The lowest BCUT2D eigenvalue weighted by Gasteiger charge is -2.18. The fourth-order valence-corrected chi connectivity index (χ4v) is 1.21. The van der Waals surface area contributed by atoms with E-state index in [2.05, 4.69) is 0 Å². The molecule has 0 radical (unpaired) electrons. The van der Waals surface area contributed by atoms with Crippen molar-refractivity contribution in [3.05, 3.63) is 24.2 Å². The van der Waals surface area contributed by atoms with E-state index in [1.807, 2.05) is 0 Å². The fourth-order valence-electron chi connectivity index (χ4n) is 1.21. The van der Waals surface area contributed by atoms with Crippen LogP contribution in [0.1, 0.15) is 18.3 Å². The SMILES string of the molecule is COC(CCN)C(O)c1ccco1. The summed E-state index contributed by atoms with van der Waals surface area (Å²) in [5.74, 6) is 0.514. The lowest BCUT2D eigenvalue weighted by molar-refractivity contribution is -0.0261. The minimum atomic E-state index is -0.733. The van der Waals surface area contributed by atoms with E-state index in [0.29, 0.717) is 18.7 Å². The van der Waals surface area contributed by atoms with Crippen molar-refractivity contribution in [1.82, 2.24) is 0 Å². The molecule has 4 heteroatoms. The van der Waals surface area contributed by atoms with Crippen LogP contribution in [-0.2, 0) is 4.74 Å². The number of hydrogen-bond acceptors (Lipinski definition) is 4. The number of hydrogen-bond donors (Lipinski definition) is 2. The first-order valence-corrected chi connectivity index (χ1v) is 4.24. The van der Waals surface area contributed by atoms with Gasteiger partial charge in [0.25, 0.3) is 0 Å². The van der Waals surface area contributed by atoms with E-state index in [0.717, 1.165) is 0 Å². The summed E-state index contributed by atoms with van der Waals surface area (Å²) in [5, 5.41) is 9.73. The second-order valence-electron chi connectivity index (χ2n) is 2.81. The second-order valence-corrected chi connectivity index (χ2v) is 2.81. The van der Waals surface area contributed by atoms with Crippen molar-refractivity contribution in [3.63, 3.8) is 0 Å². The van der Waals surface area contributed by atoms with Gasteiger partial charge in [0.05, 0.1) is 12.4 Å². The molecule has 13 heavy (non-hydrogen) atoms. The van der Waals surface area contributed by atoms with Crippen LogP contribution in [0, 0.1) is 0 Å². The third-order valence-electron chi connectivity index (χ3n) is 1.94. The minimum Gasteiger partial charge on any atom is -0.466 e. The maximum absolute atomic E-state index is 9.73. The first kappa shape index (κ1) is 10.2. The summed E-state index contributed by atoms with van der Waals surface area (Å²) in [6.45, 7) is 0.482. The summed E-state index contributed by atoms with van der Waals surface area (Å²) >= 11 is 0. The van der Waals surface area contributed by atoms with Gasteiger partial charge in [-0.2, -0.15) is 0 Å². The zero-order chi connectivity index (χ0) is 9.68. The number of rotatable bonds is 5. The van der Waals surface area contributed by atoms with Crippen molar-refractivity contribution < 1.29 is 14.3 Å². The van der Waals surface area contributed by atoms with Gasteiger partial charge in [0, 0.05) is 7.11 Å². The molecule has 1 rings (SSSR count). The van der Waals surface area contributed by atoms with Gasteiger partial charge < -0.3 is 20.0 Å². The molecule has 0 bridgehead atoms. The van der Waals surface area contributed by atoms with E-state index < -0.39 is 6.10 Å². The minimum absolute atomic E-state index is 0.295. The van der Waals surface area contributed by atoms with Crippen LogP contribution in [0.5, 0.6) is 0 Å². The topological polar surface area (TPSA) is 68.6 Å². The van der Waals surface area contributed by atoms with Gasteiger partial charge in [-0.25, -0.2) is 0 Å². The molecule has 1 aromatic rings. The molecule has 0 fully saturated rings. The fraction of sp³-hybridized carbons (Fsp3) is 0.556. The molecule has 74 valence electrons. The molecule has 0 aliphatic carbocycles. The lowest BCUT2D eigenvalue weighted by atomic mass is 10.1. The van der Waals surface area contributed by atoms with Crippen LogP contribution in [0.3, 0.4) is 0 Å². The highest BCUT2D eigenvalue weighted by molar-refractivity contribution is 5.03. The van der Waals surface area contributed by atoms with Crippen LogP contribution < -0.4 is 5.73 Å². The van der Waals surface area contributed by atoms with Crippen molar-refractivity contribution in [1.29, 1.82) is 0 Å². The van der Waals surface area contributed by atoms with Gasteiger partial charge in [-0.3, -0.25) is 0 Å². The van der Waals surface area contributed by atoms with Gasteiger partial charge >= 0.3 is 0 Å². The Labute approximate surface area is 77.3 Å². The van der Waals surface area contributed by atoms with E-state index >= 15 is 0 Å². The zero-order valence-electron chi connectivity index (χ0n) is 7.64. The summed E-state index contributed by atoms with van der Waals surface area (Å²) in [4.78, 5) is 0. The normalized spacial score (nSPS) is 15.6. The third kappa shape index (κ3) is 2.55. The predicted molar refractivity (Wildman–Crippen MR) is 48.1 cm³/mol. The number of ether oxygens (including phenoxy) is 1. The maximum Gasteiger partial charge on any atom is 0.138 e. The molecule has 2 atom stereocenters. The Bertz CT molecular complexity index is 223. The summed E-state index contributed by atoms with van der Waals surface area (Å²) in [6, 6.07) is 3.45. The van der Waals surface area contributed by atoms with Gasteiger partial charge in [-0.1, -0.05) is 0 Å². The second kappa shape index (κ2) is 5.01. The molecular formula is C9H15NO3. The first-order valence-electron chi connectivity index (χ1n) is 4.24. The van der Waals surface area contributed by atoms with Crippen molar-refractivity contribution in [2.24, 2.45) is 5.73 Å². The van der Waals surface area contributed by atoms with E-state index in [9.17, 15) is 5.11 Å². The van der Waals surface area contributed by atoms with Gasteiger partial charge in [0.1, 0.15) is 11.9 Å². The standard InChI is InChI=1S/C9H15NO3/c1-12-7(4-5-10)9(11)8-3-2-6-13-8/h2-3,6-7,9,11H,4-5,10H2,1H3. The molecule has 2 unspecified atom stereocenters. The number of methoxy groups -OCH3 is 1. The maximum atomic E-state index is 9.73. The van der Waals surface area contributed by atoms with Crippen molar-refractivity contribution in [2.75, 3.05) is 13.7 Å². The van der Waals surface area contributed by atoms with E-state index in [4.69, 9.17) is 14.9 Å². The number of nitrogens with two attached hydrogens (primary N) is 1. The van der Waals surface area contributed by atoms with Crippen LogP contribution in [0.25, 0.3) is 0 Å². The molecule has 0 saturated heterocycles. The van der Waals surface area contributed by atoms with Crippen LogP contribution in [0.15, 0.2) is 22.8 Å². The molecular weight excluding hydrogens is 170 g/mol. The Morgan fingerprint density at radius 3 is 2.92 bits per heavy atom. The molecule has 0 aliphatic rings. The van der Waals surface area contributed by atoms with E-state index in [1.54, 1.807) is 19.2 Å². The number of aliphatic hydroxyl groups is 1. The first-order chi connectivity index (χ1) is 6.29. The lowest BCUT2D eigenvalue weighted by Crippen LogP contribution is -2.23. The van der Waals surface area contributed by atoms with Crippen molar-refractivity contribution in [3.8, 4) is 0 Å². The zero-order valence-corrected chi connectivity index (χ0v) is 7.64. The van der Waals surface area contributed by atoms with Crippen LogP contribution in [0.2, 0.25) is 0 Å². The summed E-state index contributed by atoms with van der Waals surface area (Å²) < 4.78 is 10.1. The van der Waals surface area contributed by atoms with Crippen molar-refractivity contribution in [2.45, 2.75) is 18.6 Å². The third-order valence-corrected chi connectivity index (χ3v) is 1.94. The van der Waals surface area contributed by atoms with Gasteiger partial charge in [0.15, 0.2) is 0 Å². The highest BCUT2D eigenvalue weighted by Gasteiger charge is 2.21. The Morgan fingerprint density at radius 1 is 1.69 bits per heavy atom. The molecule has 1 heterocycles. The Kier molecular flexibility index (Phi) is 3.95. The van der Waals surface area contributed by atoms with Crippen LogP contribution in [0.4, 0.5) is 0 Å². The summed E-state index contributed by atoms with van der Waals surface area (Å²) in [5.41, 5.74) is 5.37. The summed E-state index contributed by atoms with van der Waals surface area (Å²) in [6.07, 6.45) is 1.10. The quantitative estimate of drug-likeness (QED) is 0.707. The van der Waals surface area contributed by atoms with Gasteiger partial charge in [-0.05, 0) is 25.1 Å². The number of furan rings is 1. The van der Waals surface area contributed by atoms with Crippen LogP contribution in [-0.4, -0.2) is 24.9 Å². The molecule has 0 spiro atoms. The Balaban J connectivity index is 2.58. The summed E-state index contributed by atoms with van der Waals surface area (Å²) in [7, 11) is 1.55. The molecule has 0 aromatic carbocycles. The molecule has 4 nitrogen and oxygen atoms in total. The monoisotopic (exact) mass is 185 g/mol. The molecule has 0 aliphatic heterocycles. The van der Waals surface area contributed by atoms with Gasteiger partial charge in [-0.15, -0.1) is 0 Å².